The lowest BCUT2D eigenvalue weighted by Crippen LogP contribution is -2.20. The summed E-state index contributed by atoms with van der Waals surface area (Å²) in [5, 5.41) is 3.54. The average molecular weight is 155 g/mol. The Labute approximate surface area is 70.6 Å². The highest BCUT2D eigenvalue weighted by atomic mass is 14.9. The fraction of sp³-hybridized carbons (Fsp3) is 1.00. The van der Waals surface area contributed by atoms with Crippen LogP contribution in [0.25, 0.3) is 0 Å². The minimum atomic E-state index is 0.844. The quantitative estimate of drug-likeness (QED) is 0.643. The van der Waals surface area contributed by atoms with Crippen LogP contribution >= 0.6 is 0 Å². The van der Waals surface area contributed by atoms with Crippen molar-refractivity contribution in [3.63, 3.8) is 0 Å². The van der Waals surface area contributed by atoms with Gasteiger partial charge in [0.1, 0.15) is 0 Å². The van der Waals surface area contributed by atoms with Gasteiger partial charge in [0.25, 0.3) is 0 Å². The maximum atomic E-state index is 3.54. The molecular weight excluding hydrogens is 134 g/mol. The second kappa shape index (κ2) is 4.10. The van der Waals surface area contributed by atoms with Crippen molar-refractivity contribution < 1.29 is 0 Å². The number of hydrogen-bond donors (Lipinski definition) is 1. The predicted molar refractivity (Wildman–Crippen MR) is 49.6 cm³/mol. The molecule has 0 aromatic heterocycles. The van der Waals surface area contributed by atoms with Gasteiger partial charge in [0, 0.05) is 6.04 Å². The Morgan fingerprint density at radius 2 is 1.91 bits per heavy atom. The van der Waals surface area contributed by atoms with Crippen LogP contribution in [0.5, 0.6) is 0 Å². The van der Waals surface area contributed by atoms with Crippen molar-refractivity contribution >= 4 is 0 Å². The zero-order valence-electron chi connectivity index (χ0n) is 8.06. The van der Waals surface area contributed by atoms with Crippen molar-refractivity contribution in [2.24, 2.45) is 11.8 Å². The average Bonchev–Trinajstić information content (AvgIpc) is 2.71. The molecule has 1 fully saturated rings. The normalized spacial score (nSPS) is 20.7. The van der Waals surface area contributed by atoms with Gasteiger partial charge in [-0.3, -0.25) is 0 Å². The molecule has 1 rings (SSSR count). The molecule has 1 aliphatic carbocycles. The molecule has 0 aliphatic heterocycles. The van der Waals surface area contributed by atoms with Gasteiger partial charge in [0.15, 0.2) is 0 Å². The largest absolute Gasteiger partial charge is 0.314 e. The van der Waals surface area contributed by atoms with Gasteiger partial charge in [-0.1, -0.05) is 20.8 Å². The maximum Gasteiger partial charge on any atom is 0.00682 e. The Bertz CT molecular complexity index is 105. The monoisotopic (exact) mass is 155 g/mol. The van der Waals surface area contributed by atoms with Crippen LogP contribution in [0.2, 0.25) is 0 Å². The van der Waals surface area contributed by atoms with Crippen LogP contribution in [0, 0.1) is 11.8 Å². The minimum absolute atomic E-state index is 0.844. The van der Waals surface area contributed by atoms with E-state index in [1.165, 1.54) is 25.8 Å². The van der Waals surface area contributed by atoms with E-state index < -0.39 is 0 Å². The Morgan fingerprint density at radius 3 is 2.36 bits per heavy atom. The van der Waals surface area contributed by atoms with Gasteiger partial charge in [0.05, 0.1) is 0 Å². The third-order valence-corrected chi connectivity index (χ3v) is 2.75. The summed E-state index contributed by atoms with van der Waals surface area (Å²) in [6.07, 6.45) is 4.17. The molecule has 0 amide bonds. The van der Waals surface area contributed by atoms with E-state index in [1.807, 2.05) is 0 Å². The molecule has 1 saturated carbocycles. The van der Waals surface area contributed by atoms with Crippen molar-refractivity contribution in [2.75, 3.05) is 6.54 Å². The van der Waals surface area contributed by atoms with Crippen LogP contribution in [0.3, 0.4) is 0 Å². The predicted octanol–water partition coefficient (Wildman–Crippen LogP) is 2.42. The highest BCUT2D eigenvalue weighted by Gasteiger charge is 2.20. The molecule has 0 aromatic rings. The molecule has 1 aliphatic rings. The first-order valence-corrected chi connectivity index (χ1v) is 4.93. The molecule has 0 aromatic carbocycles. The first-order chi connectivity index (χ1) is 5.20. The molecule has 0 heterocycles. The van der Waals surface area contributed by atoms with E-state index in [9.17, 15) is 0 Å². The van der Waals surface area contributed by atoms with E-state index in [1.54, 1.807) is 0 Å². The van der Waals surface area contributed by atoms with Crippen LogP contribution in [0.4, 0.5) is 0 Å². The highest BCUT2D eigenvalue weighted by Crippen LogP contribution is 2.19. The maximum absolute atomic E-state index is 3.54. The van der Waals surface area contributed by atoms with Crippen molar-refractivity contribution in [3.05, 3.63) is 0 Å². The summed E-state index contributed by atoms with van der Waals surface area (Å²) >= 11 is 0. The fourth-order valence-electron chi connectivity index (χ4n) is 1.14. The topological polar surface area (TPSA) is 12.0 Å². The molecule has 0 spiro atoms. The van der Waals surface area contributed by atoms with Gasteiger partial charge in [0.2, 0.25) is 0 Å². The summed E-state index contributed by atoms with van der Waals surface area (Å²) in [4.78, 5) is 0. The van der Waals surface area contributed by atoms with Crippen molar-refractivity contribution in [1.82, 2.24) is 5.32 Å². The second-order valence-electron chi connectivity index (χ2n) is 4.24. The summed E-state index contributed by atoms with van der Waals surface area (Å²) < 4.78 is 0. The van der Waals surface area contributed by atoms with Gasteiger partial charge in [-0.25, -0.2) is 0 Å². The van der Waals surface area contributed by atoms with Crippen LogP contribution in [0.1, 0.15) is 40.0 Å². The van der Waals surface area contributed by atoms with Crippen LogP contribution in [-0.2, 0) is 0 Å². The summed E-state index contributed by atoms with van der Waals surface area (Å²) in [7, 11) is 0. The Kier molecular flexibility index (Phi) is 3.38. The molecule has 0 bridgehead atoms. The number of rotatable bonds is 5. The molecule has 1 atom stereocenters. The third kappa shape index (κ3) is 3.76. The van der Waals surface area contributed by atoms with E-state index in [2.05, 4.69) is 26.1 Å². The first kappa shape index (κ1) is 9.05. The zero-order chi connectivity index (χ0) is 8.27. The van der Waals surface area contributed by atoms with E-state index in [0.717, 1.165) is 17.9 Å². The fourth-order valence-corrected chi connectivity index (χ4v) is 1.14. The van der Waals surface area contributed by atoms with E-state index in [-0.39, 0.29) is 0 Å². The molecule has 0 radical (unpaired) electrons. The van der Waals surface area contributed by atoms with Crippen LogP contribution in [-0.4, -0.2) is 12.6 Å². The highest BCUT2D eigenvalue weighted by molar-refractivity contribution is 4.80. The molecule has 1 nitrogen and oxygen atoms in total. The first-order valence-electron chi connectivity index (χ1n) is 4.93. The minimum Gasteiger partial charge on any atom is -0.314 e. The summed E-state index contributed by atoms with van der Waals surface area (Å²) in [5.74, 6) is 1.72. The molecule has 66 valence electrons. The van der Waals surface area contributed by atoms with E-state index in [0.29, 0.717) is 0 Å². The summed E-state index contributed by atoms with van der Waals surface area (Å²) in [6.45, 7) is 8.19. The molecule has 0 saturated heterocycles. The zero-order valence-corrected chi connectivity index (χ0v) is 8.06. The third-order valence-electron chi connectivity index (χ3n) is 2.75. The van der Waals surface area contributed by atoms with Gasteiger partial charge in [-0.15, -0.1) is 0 Å². The summed E-state index contributed by atoms with van der Waals surface area (Å²) in [5.41, 5.74) is 0. The molecule has 1 N–H and O–H groups in total. The summed E-state index contributed by atoms with van der Waals surface area (Å²) in [6, 6.07) is 0.884. The van der Waals surface area contributed by atoms with Crippen molar-refractivity contribution in [2.45, 2.75) is 46.1 Å². The Morgan fingerprint density at radius 1 is 1.27 bits per heavy atom. The van der Waals surface area contributed by atoms with Gasteiger partial charge >= 0.3 is 0 Å². The van der Waals surface area contributed by atoms with Crippen molar-refractivity contribution in [1.29, 1.82) is 0 Å². The lowest BCUT2D eigenvalue weighted by atomic mass is 9.95. The van der Waals surface area contributed by atoms with Crippen LogP contribution in [0.15, 0.2) is 0 Å². The molecule has 1 unspecified atom stereocenters. The van der Waals surface area contributed by atoms with Gasteiger partial charge in [-0.05, 0) is 37.6 Å². The molecule has 11 heavy (non-hydrogen) atoms. The SMILES string of the molecule is CC(C)C(C)CCNC1CC1. The number of hydrogen-bond acceptors (Lipinski definition) is 1. The smallest absolute Gasteiger partial charge is 0.00682 e. The Hall–Kier alpha value is -0.0400. The lowest BCUT2D eigenvalue weighted by molar-refractivity contribution is 0.382. The van der Waals surface area contributed by atoms with E-state index >= 15 is 0 Å². The van der Waals surface area contributed by atoms with Crippen molar-refractivity contribution in [3.8, 4) is 0 Å². The Balaban J connectivity index is 1.92. The molecular formula is C10H21N. The van der Waals surface area contributed by atoms with E-state index in [4.69, 9.17) is 0 Å². The second-order valence-corrected chi connectivity index (χ2v) is 4.24. The van der Waals surface area contributed by atoms with Gasteiger partial charge in [-0.2, -0.15) is 0 Å². The standard InChI is InChI=1S/C10H21N/c1-8(2)9(3)6-7-11-10-4-5-10/h8-11H,4-7H2,1-3H3. The van der Waals surface area contributed by atoms with Crippen LogP contribution < -0.4 is 5.32 Å². The molecule has 1 heteroatoms. The number of nitrogens with one attached hydrogen (secondary N) is 1. The van der Waals surface area contributed by atoms with Gasteiger partial charge < -0.3 is 5.32 Å². The lowest BCUT2D eigenvalue weighted by Gasteiger charge is -2.15.